The van der Waals surface area contributed by atoms with E-state index in [2.05, 4.69) is 98.8 Å². The highest BCUT2D eigenvalue weighted by Crippen LogP contribution is 2.27. The topological polar surface area (TPSA) is 271 Å². The zero-order chi connectivity index (χ0) is 59.1. The molecule has 0 aliphatic carbocycles. The third kappa shape index (κ3) is 24.1. The maximum atomic E-state index is 12.0. The van der Waals surface area contributed by atoms with Crippen LogP contribution in [-0.4, -0.2) is 86.9 Å². The van der Waals surface area contributed by atoms with E-state index in [0.29, 0.717) is 58.0 Å². The molecule has 3 aromatic carbocycles. The zero-order valence-corrected chi connectivity index (χ0v) is 49.5. The van der Waals surface area contributed by atoms with Crippen molar-refractivity contribution in [1.29, 1.82) is 10.5 Å². The molecule has 0 spiro atoms. The molecular weight excluding hydrogens is 1090 g/mol. The normalized spacial score (nSPS) is 10.3. The van der Waals surface area contributed by atoms with E-state index in [0.717, 1.165) is 41.2 Å². The fourth-order valence-corrected chi connectivity index (χ4v) is 7.27. The summed E-state index contributed by atoms with van der Waals surface area (Å²) in [6.45, 7) is 24.3. The lowest BCUT2D eigenvalue weighted by Gasteiger charge is -2.28. The van der Waals surface area contributed by atoms with Crippen molar-refractivity contribution in [3.63, 3.8) is 0 Å². The van der Waals surface area contributed by atoms with Crippen LogP contribution in [0.4, 0.5) is 34.8 Å². The minimum Gasteiger partial charge on any atom is -0.398 e. The first-order chi connectivity index (χ1) is 36.5. The lowest BCUT2D eigenvalue weighted by molar-refractivity contribution is 0.0959. The van der Waals surface area contributed by atoms with Crippen LogP contribution in [0.15, 0.2) is 73.2 Å². The molecule has 0 aliphatic rings. The van der Waals surface area contributed by atoms with Crippen LogP contribution < -0.4 is 31.9 Å². The van der Waals surface area contributed by atoms with Gasteiger partial charge in [0, 0.05) is 73.4 Å². The van der Waals surface area contributed by atoms with Gasteiger partial charge in [-0.25, -0.2) is 19.9 Å². The number of anilines is 6. The Morgan fingerprint density at radius 3 is 1.53 bits per heavy atom. The largest absolute Gasteiger partial charge is 0.398 e. The molecule has 0 atom stereocenters. The number of aromatic nitrogens is 6. The van der Waals surface area contributed by atoms with Gasteiger partial charge in [0.2, 0.25) is 17.2 Å². The number of hydrogen-bond acceptors (Lipinski definition) is 17. The van der Waals surface area contributed by atoms with Gasteiger partial charge in [0.15, 0.2) is 22.5 Å². The number of benzene rings is 3. The highest BCUT2D eigenvalue weighted by atomic mass is 35.5. The summed E-state index contributed by atoms with van der Waals surface area (Å²) >= 11 is 21.8. The monoisotopic (exact) mass is 1160 g/mol. The molecule has 1 amide bonds. The van der Waals surface area contributed by atoms with Gasteiger partial charge < -0.3 is 31.9 Å². The first-order valence-corrected chi connectivity index (χ1v) is 25.9. The molecule has 79 heavy (non-hydrogen) atoms. The molecule has 6 aromatic rings. The average Bonchev–Trinajstić information content (AvgIpc) is 3.38. The van der Waals surface area contributed by atoms with E-state index in [1.807, 2.05) is 90.0 Å². The second-order valence-electron chi connectivity index (χ2n) is 19.7. The molecule has 422 valence electrons. The van der Waals surface area contributed by atoms with Gasteiger partial charge in [0.1, 0.15) is 28.4 Å². The zero-order valence-electron chi connectivity index (χ0n) is 46.5. The number of hydrogen-bond donors (Lipinski definition) is 5. The highest BCUT2D eigenvalue weighted by Gasteiger charge is 2.19. The Labute approximate surface area is 485 Å². The molecule has 18 nitrogen and oxygen atoms in total. The molecule has 0 radical (unpaired) electrons. The van der Waals surface area contributed by atoms with Gasteiger partial charge in [-0.3, -0.25) is 19.2 Å². The second-order valence-corrected chi connectivity index (χ2v) is 21.1. The summed E-state index contributed by atoms with van der Waals surface area (Å²) in [5.41, 5.74) is 13.8. The Morgan fingerprint density at radius 2 is 1.14 bits per heavy atom. The number of halogens is 4. The highest BCUT2D eigenvalue weighted by molar-refractivity contribution is 6.68. The van der Waals surface area contributed by atoms with Crippen molar-refractivity contribution >= 4 is 104 Å². The van der Waals surface area contributed by atoms with Crippen LogP contribution in [0.2, 0.25) is 15.6 Å². The second kappa shape index (κ2) is 33.2. The molecular formula is C57H72Cl4N14O4. The number of nitrogens with two attached hydrogens (primary N) is 1. The molecule has 22 heteroatoms. The molecule has 6 rings (SSSR count). The minimum atomic E-state index is -0.702. The number of carbonyl (C=O) groups excluding carboxylic acids is 4. The van der Waals surface area contributed by atoms with E-state index in [1.165, 1.54) is 18.6 Å². The summed E-state index contributed by atoms with van der Waals surface area (Å²) in [7, 11) is 5.49. The van der Waals surface area contributed by atoms with Crippen LogP contribution in [0.5, 0.6) is 0 Å². The van der Waals surface area contributed by atoms with E-state index in [1.54, 1.807) is 31.3 Å². The summed E-state index contributed by atoms with van der Waals surface area (Å²) in [5, 5.41) is 29.4. The van der Waals surface area contributed by atoms with E-state index >= 15 is 0 Å². The average molecular weight is 1160 g/mol. The molecule has 0 fully saturated rings. The van der Waals surface area contributed by atoms with Gasteiger partial charge in [-0.2, -0.15) is 20.5 Å². The summed E-state index contributed by atoms with van der Waals surface area (Å²) in [4.78, 5) is 71.2. The smallest absolute Gasteiger partial charge is 0.257 e. The number of carbonyl (C=O) groups is 4. The van der Waals surface area contributed by atoms with Gasteiger partial charge in [0.05, 0.1) is 18.0 Å². The van der Waals surface area contributed by atoms with Gasteiger partial charge in [-0.05, 0) is 109 Å². The number of Topliss-reactive ketones (excluding diaryl/α,β-unsaturated/α-hetero) is 2. The summed E-state index contributed by atoms with van der Waals surface area (Å²) < 4.78 is 0. The Morgan fingerprint density at radius 1 is 0.658 bits per heavy atom. The van der Waals surface area contributed by atoms with Crippen molar-refractivity contribution in [2.75, 3.05) is 55.5 Å². The predicted molar refractivity (Wildman–Crippen MR) is 321 cm³/mol. The Balaban J connectivity index is 0.000000530. The fourth-order valence-electron chi connectivity index (χ4n) is 6.52. The first kappa shape index (κ1) is 69.7. The van der Waals surface area contributed by atoms with Crippen molar-refractivity contribution < 1.29 is 19.2 Å². The lowest BCUT2D eigenvalue weighted by Crippen LogP contribution is -2.30. The minimum absolute atomic E-state index is 0. The van der Waals surface area contributed by atoms with Crippen LogP contribution in [0.1, 0.15) is 145 Å². The number of rotatable bonds is 13. The summed E-state index contributed by atoms with van der Waals surface area (Å²) in [6.07, 6.45) is 4.96. The van der Waals surface area contributed by atoms with E-state index < -0.39 is 5.24 Å². The first-order valence-electron chi connectivity index (χ1n) is 24.3. The fraction of sp³-hybridized carbons (Fsp3) is 0.368. The molecule has 3 heterocycles. The Hall–Kier alpha value is -7.32. The van der Waals surface area contributed by atoms with Crippen molar-refractivity contribution in [2.45, 2.75) is 96.4 Å². The third-order valence-electron chi connectivity index (χ3n) is 10.5. The lowest BCUT2D eigenvalue weighted by atomic mass is 9.96. The Bertz CT molecular complexity index is 3130. The quantitative estimate of drug-likeness (QED) is 0.0236. The van der Waals surface area contributed by atoms with Crippen LogP contribution in [0, 0.1) is 54.3 Å². The molecule has 0 aliphatic heterocycles. The van der Waals surface area contributed by atoms with Crippen molar-refractivity contribution in [1.82, 2.24) is 40.5 Å². The van der Waals surface area contributed by atoms with Gasteiger partial charge in [-0.15, -0.1) is 0 Å². The van der Waals surface area contributed by atoms with Crippen LogP contribution in [0.25, 0.3) is 0 Å². The number of amides is 1. The Kier molecular flexibility index (Phi) is 29.3. The number of nitrogens with zero attached hydrogens (tertiary/aromatic N) is 9. The van der Waals surface area contributed by atoms with Crippen LogP contribution in [0.3, 0.4) is 0 Å². The van der Waals surface area contributed by atoms with Crippen molar-refractivity contribution in [2.24, 2.45) is 10.8 Å². The van der Waals surface area contributed by atoms with Gasteiger partial charge >= 0.3 is 0 Å². The van der Waals surface area contributed by atoms with Crippen molar-refractivity contribution in [3.05, 3.63) is 139 Å². The molecule has 0 saturated carbocycles. The summed E-state index contributed by atoms with van der Waals surface area (Å²) in [6, 6.07) is 20.3. The molecule has 3 aromatic heterocycles. The molecule has 0 saturated heterocycles. The SMILES string of the molecule is C.CCC(=O)c1ccc(C)c(Nc2ncc(C#N)c(Cl)n2)c1.CCC(=O)c1ccc(C)c(Nc2ncc(C#N)c(N(C)CC(C)(C)C)n2)c1.CNC(=O)c1ccc(C)c(N)c1.CNCC(C)(C)C.O=C(Cl)c1cnc(Cl)nc1Cl. The number of aryl methyl sites for hydroxylation is 3. The number of ketones is 2. The van der Waals surface area contributed by atoms with E-state index in [4.69, 9.17) is 57.4 Å². The van der Waals surface area contributed by atoms with Gasteiger partial charge in [-0.1, -0.05) is 116 Å². The maximum absolute atomic E-state index is 12.0. The number of nitriles is 2. The molecule has 0 unspecified atom stereocenters. The number of nitrogen functional groups attached to an aromatic ring is 1. The van der Waals surface area contributed by atoms with Crippen LogP contribution >= 0.6 is 46.4 Å². The van der Waals surface area contributed by atoms with Gasteiger partial charge in [0.25, 0.3) is 11.1 Å². The van der Waals surface area contributed by atoms with Crippen LogP contribution in [-0.2, 0) is 0 Å². The number of nitrogens with one attached hydrogen (secondary N) is 4. The maximum Gasteiger partial charge on any atom is 0.257 e. The molecule has 6 N–H and O–H groups in total. The molecule has 0 bridgehead atoms. The van der Waals surface area contributed by atoms with E-state index in [-0.39, 0.29) is 63.0 Å². The third-order valence-corrected chi connectivity index (χ3v) is 11.4. The van der Waals surface area contributed by atoms with Crippen molar-refractivity contribution in [3.8, 4) is 12.1 Å². The standard InChI is InChI=1S/C21H27N5O.C15H13ClN4O.C9H12N2O.C6H15N.C5HCl3N2O.CH4/c1-7-18(27)15-9-8-14(2)17(10-15)24-20-23-12-16(11-22)19(25-20)26(6)13-21(3,4)5;1-3-13(21)10-5-4-9(2)12(6-10)19-15-18-8-11(7-17)14(16)20-15;1-6-3-4-7(5-8(6)10)9(12)11-2;1-6(2,3)5-7-4;6-3-2(4(7)11)1-9-5(8)10-3;/h8-10,12H,7,13H2,1-6H3,(H,23,24,25);4-6,8H,3H2,1-2H3,(H,18,19,20);3-5H,10H2,1-2H3,(H,11,12);7H,5H2,1-4H3;1H;1H4. The summed E-state index contributed by atoms with van der Waals surface area (Å²) in [5.74, 6) is 1.31. The predicted octanol–water partition coefficient (Wildman–Crippen LogP) is 13.1. The van der Waals surface area contributed by atoms with E-state index in [9.17, 15) is 24.4 Å².